The Morgan fingerprint density at radius 3 is 3.06 bits per heavy atom. The van der Waals surface area contributed by atoms with E-state index in [1.807, 2.05) is 28.5 Å². The number of thiazole rings is 1. The highest BCUT2D eigenvalue weighted by atomic mass is 32.1. The Balaban J connectivity index is 2.00. The van der Waals surface area contributed by atoms with Gasteiger partial charge in [0.1, 0.15) is 5.69 Å². The van der Waals surface area contributed by atoms with E-state index in [2.05, 4.69) is 18.0 Å². The summed E-state index contributed by atoms with van der Waals surface area (Å²) in [7, 11) is 0. The molecule has 4 heteroatoms. The van der Waals surface area contributed by atoms with Crippen molar-refractivity contribution < 1.29 is 4.79 Å². The molecule has 0 aliphatic carbocycles. The lowest BCUT2D eigenvalue weighted by Crippen LogP contribution is -2.39. The summed E-state index contributed by atoms with van der Waals surface area (Å²) < 4.78 is 0. The predicted octanol–water partition coefficient (Wildman–Crippen LogP) is 2.98. The summed E-state index contributed by atoms with van der Waals surface area (Å²) in [5, 5.41) is 1.81. The Morgan fingerprint density at radius 1 is 1.44 bits per heavy atom. The van der Waals surface area contributed by atoms with Gasteiger partial charge in [0.05, 0.1) is 5.51 Å². The maximum Gasteiger partial charge on any atom is 0.277 e. The molecule has 0 saturated heterocycles. The monoisotopic (exact) mass is 258 g/mol. The summed E-state index contributed by atoms with van der Waals surface area (Å²) >= 11 is 1.46. The van der Waals surface area contributed by atoms with Gasteiger partial charge in [-0.25, -0.2) is 4.98 Å². The lowest BCUT2D eigenvalue weighted by Gasteiger charge is -2.32. The van der Waals surface area contributed by atoms with Crippen molar-refractivity contribution in [2.75, 3.05) is 11.4 Å². The fourth-order valence-electron chi connectivity index (χ4n) is 2.45. The number of nitrogens with zero attached hydrogens (tertiary/aromatic N) is 2. The molecule has 0 fully saturated rings. The first-order valence-corrected chi connectivity index (χ1v) is 6.98. The maximum absolute atomic E-state index is 12.4. The van der Waals surface area contributed by atoms with Crippen molar-refractivity contribution in [1.82, 2.24) is 4.98 Å². The quantitative estimate of drug-likeness (QED) is 0.788. The molecule has 92 valence electrons. The van der Waals surface area contributed by atoms with E-state index in [9.17, 15) is 4.79 Å². The highest BCUT2D eigenvalue weighted by Crippen LogP contribution is 2.30. The zero-order valence-corrected chi connectivity index (χ0v) is 11.0. The van der Waals surface area contributed by atoms with Gasteiger partial charge in [-0.2, -0.15) is 0 Å². The van der Waals surface area contributed by atoms with Crippen molar-refractivity contribution in [2.24, 2.45) is 5.92 Å². The van der Waals surface area contributed by atoms with Crippen LogP contribution in [0.4, 0.5) is 5.69 Å². The van der Waals surface area contributed by atoms with Crippen LogP contribution < -0.4 is 4.90 Å². The Kier molecular flexibility index (Phi) is 2.88. The molecule has 2 heterocycles. The summed E-state index contributed by atoms with van der Waals surface area (Å²) in [4.78, 5) is 18.4. The minimum atomic E-state index is 0.00949. The van der Waals surface area contributed by atoms with Gasteiger partial charge >= 0.3 is 0 Å². The van der Waals surface area contributed by atoms with Gasteiger partial charge in [-0.15, -0.1) is 11.3 Å². The minimum absolute atomic E-state index is 0.00949. The number of carbonyl (C=O) groups is 1. The third-order valence-corrected chi connectivity index (χ3v) is 3.83. The Bertz CT molecular complexity index is 565. The van der Waals surface area contributed by atoms with E-state index in [1.54, 1.807) is 5.51 Å². The molecule has 1 aliphatic rings. The van der Waals surface area contributed by atoms with E-state index in [-0.39, 0.29) is 5.91 Å². The van der Waals surface area contributed by atoms with E-state index in [0.717, 1.165) is 18.7 Å². The number of benzene rings is 1. The molecule has 1 atom stereocenters. The van der Waals surface area contributed by atoms with Crippen molar-refractivity contribution in [3.63, 3.8) is 0 Å². The van der Waals surface area contributed by atoms with Crippen LogP contribution in [0.3, 0.4) is 0 Å². The van der Waals surface area contributed by atoms with Gasteiger partial charge in [0, 0.05) is 17.6 Å². The molecule has 0 spiro atoms. The van der Waals surface area contributed by atoms with Crippen LogP contribution in [0.25, 0.3) is 0 Å². The molecule has 2 aromatic rings. The van der Waals surface area contributed by atoms with Crippen LogP contribution in [0.1, 0.15) is 23.0 Å². The van der Waals surface area contributed by atoms with E-state index in [1.165, 1.54) is 16.9 Å². The SMILES string of the molecule is CC1Cc2ccccc2N(C(=O)c2cscn2)C1. The molecular formula is C14H14N2OS. The normalized spacial score (nSPS) is 18.5. The molecule has 3 rings (SSSR count). The maximum atomic E-state index is 12.4. The standard InChI is InChI=1S/C14H14N2OS/c1-10-6-11-4-2-3-5-13(11)16(7-10)14(17)12-8-18-9-15-12/h2-5,8-10H,6-7H2,1H3. The number of para-hydroxylation sites is 1. The second kappa shape index (κ2) is 4.53. The Labute approximate surface area is 110 Å². The fourth-order valence-corrected chi connectivity index (χ4v) is 2.97. The number of amides is 1. The van der Waals surface area contributed by atoms with Gasteiger partial charge in [0.15, 0.2) is 0 Å². The second-order valence-corrected chi connectivity index (χ2v) is 5.45. The molecule has 1 aliphatic heterocycles. The molecule has 1 aromatic heterocycles. The van der Waals surface area contributed by atoms with Gasteiger partial charge < -0.3 is 4.90 Å². The lowest BCUT2D eigenvalue weighted by molar-refractivity contribution is 0.0977. The first-order valence-electron chi connectivity index (χ1n) is 6.03. The molecule has 0 radical (unpaired) electrons. The third kappa shape index (κ3) is 1.93. The number of hydrogen-bond acceptors (Lipinski definition) is 3. The van der Waals surface area contributed by atoms with Crippen molar-refractivity contribution >= 4 is 22.9 Å². The molecule has 0 N–H and O–H groups in total. The number of aromatic nitrogens is 1. The third-order valence-electron chi connectivity index (χ3n) is 3.24. The summed E-state index contributed by atoms with van der Waals surface area (Å²) in [5.74, 6) is 0.498. The number of rotatable bonds is 1. The van der Waals surface area contributed by atoms with Crippen LogP contribution >= 0.6 is 11.3 Å². The molecular weight excluding hydrogens is 244 g/mol. The first-order chi connectivity index (χ1) is 8.75. The fraction of sp³-hybridized carbons (Fsp3) is 0.286. The van der Waals surface area contributed by atoms with E-state index < -0.39 is 0 Å². The van der Waals surface area contributed by atoms with E-state index in [4.69, 9.17) is 0 Å². The zero-order chi connectivity index (χ0) is 12.5. The Morgan fingerprint density at radius 2 is 2.28 bits per heavy atom. The van der Waals surface area contributed by atoms with Crippen molar-refractivity contribution in [1.29, 1.82) is 0 Å². The van der Waals surface area contributed by atoms with Crippen LogP contribution in [-0.2, 0) is 6.42 Å². The van der Waals surface area contributed by atoms with Crippen LogP contribution in [0.15, 0.2) is 35.2 Å². The van der Waals surface area contributed by atoms with E-state index in [0.29, 0.717) is 11.6 Å². The largest absolute Gasteiger partial charge is 0.306 e. The van der Waals surface area contributed by atoms with Gasteiger partial charge in [-0.1, -0.05) is 25.1 Å². The van der Waals surface area contributed by atoms with Crippen LogP contribution in [0, 0.1) is 5.92 Å². The van der Waals surface area contributed by atoms with Crippen LogP contribution in [-0.4, -0.2) is 17.4 Å². The van der Waals surface area contributed by atoms with Crippen LogP contribution in [0.5, 0.6) is 0 Å². The van der Waals surface area contributed by atoms with Gasteiger partial charge in [-0.3, -0.25) is 4.79 Å². The minimum Gasteiger partial charge on any atom is -0.306 e. The van der Waals surface area contributed by atoms with Gasteiger partial charge in [-0.05, 0) is 24.0 Å². The van der Waals surface area contributed by atoms with Gasteiger partial charge in [0.25, 0.3) is 5.91 Å². The number of carbonyl (C=O) groups excluding carboxylic acids is 1. The van der Waals surface area contributed by atoms with Gasteiger partial charge in [0.2, 0.25) is 0 Å². The average molecular weight is 258 g/mol. The second-order valence-electron chi connectivity index (χ2n) is 4.73. The molecule has 1 aromatic carbocycles. The number of anilines is 1. The molecule has 1 amide bonds. The molecule has 0 bridgehead atoms. The van der Waals surface area contributed by atoms with Crippen LogP contribution in [0.2, 0.25) is 0 Å². The zero-order valence-electron chi connectivity index (χ0n) is 10.2. The first kappa shape index (κ1) is 11.4. The van der Waals surface area contributed by atoms with E-state index >= 15 is 0 Å². The predicted molar refractivity (Wildman–Crippen MR) is 73.1 cm³/mol. The molecule has 3 nitrogen and oxygen atoms in total. The highest BCUT2D eigenvalue weighted by Gasteiger charge is 2.27. The summed E-state index contributed by atoms with van der Waals surface area (Å²) in [6.45, 7) is 2.95. The smallest absolute Gasteiger partial charge is 0.277 e. The highest BCUT2D eigenvalue weighted by molar-refractivity contribution is 7.07. The van der Waals surface area contributed by atoms with Crippen molar-refractivity contribution in [3.05, 3.63) is 46.4 Å². The summed E-state index contributed by atoms with van der Waals surface area (Å²) in [6, 6.07) is 8.14. The lowest BCUT2D eigenvalue weighted by atomic mass is 9.94. The molecule has 1 unspecified atom stereocenters. The summed E-state index contributed by atoms with van der Waals surface area (Å²) in [6.07, 6.45) is 1.04. The number of fused-ring (bicyclic) bond motifs is 1. The molecule has 18 heavy (non-hydrogen) atoms. The Hall–Kier alpha value is -1.68. The average Bonchev–Trinajstić information content (AvgIpc) is 2.90. The topological polar surface area (TPSA) is 33.2 Å². The number of hydrogen-bond donors (Lipinski definition) is 0. The molecule has 0 saturated carbocycles. The van der Waals surface area contributed by atoms with Crippen molar-refractivity contribution in [2.45, 2.75) is 13.3 Å². The van der Waals surface area contributed by atoms with Crippen molar-refractivity contribution in [3.8, 4) is 0 Å². The summed E-state index contributed by atoms with van der Waals surface area (Å²) in [5.41, 5.74) is 4.53.